The van der Waals surface area contributed by atoms with Gasteiger partial charge in [0.05, 0.1) is 19.1 Å². The number of anilines is 1. The summed E-state index contributed by atoms with van der Waals surface area (Å²) in [5.41, 5.74) is 1.43. The van der Waals surface area contributed by atoms with Crippen molar-refractivity contribution in [1.29, 1.82) is 0 Å². The monoisotopic (exact) mass is 430 g/mol. The zero-order valence-corrected chi connectivity index (χ0v) is 17.2. The fourth-order valence-corrected chi connectivity index (χ4v) is 4.45. The van der Waals surface area contributed by atoms with Gasteiger partial charge in [0.2, 0.25) is 0 Å². The number of aromatic nitrogens is 7. The Morgan fingerprint density at radius 3 is 2.71 bits per heavy atom. The summed E-state index contributed by atoms with van der Waals surface area (Å²) >= 11 is 0. The van der Waals surface area contributed by atoms with Crippen LogP contribution in [0.1, 0.15) is 31.9 Å². The molecule has 0 aromatic carbocycles. The van der Waals surface area contributed by atoms with Crippen LogP contribution in [0.4, 0.5) is 5.82 Å². The Labute approximate surface area is 177 Å². The number of hydrogen-bond acceptors (Lipinski definition) is 10. The first kappa shape index (κ1) is 20.2. The van der Waals surface area contributed by atoms with E-state index in [-0.39, 0.29) is 0 Å². The number of nitrogens with zero attached hydrogens (tertiary/aromatic N) is 7. The van der Waals surface area contributed by atoms with Crippen molar-refractivity contribution in [3.8, 4) is 11.5 Å². The van der Waals surface area contributed by atoms with Crippen LogP contribution < -0.4 is 5.32 Å². The van der Waals surface area contributed by atoms with Crippen LogP contribution in [-0.4, -0.2) is 81.8 Å². The van der Waals surface area contributed by atoms with E-state index in [9.17, 15) is 15.3 Å². The van der Waals surface area contributed by atoms with E-state index in [0.717, 1.165) is 6.54 Å². The van der Waals surface area contributed by atoms with Gasteiger partial charge in [-0.05, 0) is 18.8 Å². The molecule has 1 saturated carbocycles. The zero-order valence-electron chi connectivity index (χ0n) is 17.2. The first-order valence-corrected chi connectivity index (χ1v) is 10.5. The fraction of sp³-hybridized carbons (Fsp3) is 0.632. The summed E-state index contributed by atoms with van der Waals surface area (Å²) < 4.78 is 9.02. The maximum atomic E-state index is 10.4. The summed E-state index contributed by atoms with van der Waals surface area (Å²) in [5, 5.41) is 41.4. The Bertz CT molecular complexity index is 1060. The van der Waals surface area contributed by atoms with E-state index in [1.807, 2.05) is 10.9 Å². The van der Waals surface area contributed by atoms with Gasteiger partial charge in [-0.15, -0.1) is 5.10 Å². The molecule has 1 aliphatic heterocycles. The first-order chi connectivity index (χ1) is 15.1. The maximum absolute atomic E-state index is 10.4. The lowest BCUT2D eigenvalue weighted by Gasteiger charge is -2.16. The minimum atomic E-state index is -1.24. The van der Waals surface area contributed by atoms with Gasteiger partial charge in [-0.25, -0.2) is 15.0 Å². The second-order valence-electron chi connectivity index (χ2n) is 8.18. The molecule has 0 unspecified atom stereocenters. The summed E-state index contributed by atoms with van der Waals surface area (Å²) in [4.78, 5) is 13.5. The molecule has 2 aliphatic rings. The molecule has 4 atom stereocenters. The predicted molar refractivity (Wildman–Crippen MR) is 109 cm³/mol. The van der Waals surface area contributed by atoms with Gasteiger partial charge in [-0.2, -0.15) is 0 Å². The number of imidazole rings is 1. The van der Waals surface area contributed by atoms with Crippen LogP contribution in [0.5, 0.6) is 0 Å². The summed E-state index contributed by atoms with van der Waals surface area (Å²) in [6, 6.07) is 0. The molecule has 0 spiro atoms. The Morgan fingerprint density at radius 2 is 2.00 bits per heavy atom. The van der Waals surface area contributed by atoms with Crippen molar-refractivity contribution < 1.29 is 20.1 Å². The van der Waals surface area contributed by atoms with E-state index in [1.54, 1.807) is 7.05 Å². The van der Waals surface area contributed by atoms with Gasteiger partial charge in [0.1, 0.15) is 24.0 Å². The third-order valence-electron chi connectivity index (χ3n) is 6.14. The molecular weight excluding hydrogens is 404 g/mol. The normalized spacial score (nSPS) is 26.8. The largest absolute Gasteiger partial charge is 0.394 e. The lowest BCUT2D eigenvalue weighted by molar-refractivity contribution is -0.0511. The van der Waals surface area contributed by atoms with Crippen LogP contribution in [0.15, 0.2) is 12.5 Å². The van der Waals surface area contributed by atoms with E-state index in [2.05, 4.69) is 30.6 Å². The highest BCUT2D eigenvalue weighted by atomic mass is 16.6. The van der Waals surface area contributed by atoms with Gasteiger partial charge in [-0.3, -0.25) is 9.25 Å². The van der Waals surface area contributed by atoms with Gasteiger partial charge in [-0.1, -0.05) is 18.1 Å². The highest BCUT2D eigenvalue weighted by molar-refractivity contribution is 5.84. The average molecular weight is 430 g/mol. The van der Waals surface area contributed by atoms with E-state index < -0.39 is 31.1 Å². The molecular formula is C19H26N8O4. The van der Waals surface area contributed by atoms with Crippen molar-refractivity contribution >= 4 is 17.0 Å². The SMILES string of the molecule is CNc1nc(-c2cn(CC3CCCC3)nn2)nc2c1ncn2[C@@H]1O[C@H](CO)[C@@H](O)[C@H]1O. The molecule has 2 fully saturated rings. The van der Waals surface area contributed by atoms with Gasteiger partial charge < -0.3 is 25.4 Å². The van der Waals surface area contributed by atoms with Crippen LogP contribution in [0.2, 0.25) is 0 Å². The van der Waals surface area contributed by atoms with Gasteiger partial charge in [0, 0.05) is 13.6 Å². The number of fused-ring (bicyclic) bond motifs is 1. The van der Waals surface area contributed by atoms with Crippen LogP contribution in [0.25, 0.3) is 22.7 Å². The molecule has 0 bridgehead atoms. The number of rotatable bonds is 6. The molecule has 4 heterocycles. The highest BCUT2D eigenvalue weighted by Gasteiger charge is 2.44. The summed E-state index contributed by atoms with van der Waals surface area (Å²) in [5.74, 6) is 1.48. The second-order valence-corrected chi connectivity index (χ2v) is 8.18. The molecule has 3 aromatic heterocycles. The molecule has 31 heavy (non-hydrogen) atoms. The number of aliphatic hydroxyl groups is 3. The molecule has 166 valence electrons. The minimum absolute atomic E-state index is 0.364. The minimum Gasteiger partial charge on any atom is -0.394 e. The second kappa shape index (κ2) is 8.11. The van der Waals surface area contributed by atoms with Crippen molar-refractivity contribution in [2.45, 2.75) is 56.8 Å². The molecule has 0 radical (unpaired) electrons. The van der Waals surface area contributed by atoms with Crippen molar-refractivity contribution in [3.05, 3.63) is 12.5 Å². The molecule has 1 saturated heterocycles. The standard InChI is InChI=1S/C19H26N8O4/c1-20-17-13-18(27(9-21-13)19-15(30)14(29)12(8-28)31-19)23-16(22-17)11-7-26(25-24-11)6-10-4-2-3-5-10/h7,9-10,12,14-15,19,28-30H,2-6,8H2,1H3,(H,20,22,23)/t12-,14-,15-,19-/m1/s1. The summed E-state index contributed by atoms with van der Waals surface area (Å²) in [6.45, 7) is 0.419. The van der Waals surface area contributed by atoms with E-state index in [4.69, 9.17) is 4.74 Å². The third-order valence-corrected chi connectivity index (χ3v) is 6.14. The van der Waals surface area contributed by atoms with Crippen molar-refractivity contribution in [3.63, 3.8) is 0 Å². The lowest BCUT2D eigenvalue weighted by atomic mass is 10.1. The number of nitrogens with one attached hydrogen (secondary N) is 1. The molecule has 5 rings (SSSR count). The van der Waals surface area contributed by atoms with E-state index >= 15 is 0 Å². The smallest absolute Gasteiger partial charge is 0.185 e. The van der Waals surface area contributed by atoms with Crippen molar-refractivity contribution in [2.24, 2.45) is 5.92 Å². The van der Waals surface area contributed by atoms with Crippen LogP contribution in [0.3, 0.4) is 0 Å². The van der Waals surface area contributed by atoms with Gasteiger partial charge in [0.15, 0.2) is 29.0 Å². The number of ether oxygens (including phenoxy) is 1. The third kappa shape index (κ3) is 3.55. The highest BCUT2D eigenvalue weighted by Crippen LogP contribution is 2.33. The Hall–Kier alpha value is -2.67. The first-order valence-electron chi connectivity index (χ1n) is 10.5. The fourth-order valence-electron chi connectivity index (χ4n) is 4.45. The molecule has 12 nitrogen and oxygen atoms in total. The summed E-state index contributed by atoms with van der Waals surface area (Å²) in [6.07, 6.45) is 3.99. The molecule has 12 heteroatoms. The Kier molecular flexibility index (Phi) is 5.30. The molecule has 3 aromatic rings. The quantitative estimate of drug-likeness (QED) is 0.417. The number of aliphatic hydroxyl groups excluding tert-OH is 3. The van der Waals surface area contributed by atoms with Gasteiger partial charge >= 0.3 is 0 Å². The molecule has 0 amide bonds. The molecule has 1 aliphatic carbocycles. The van der Waals surface area contributed by atoms with Crippen LogP contribution in [-0.2, 0) is 11.3 Å². The summed E-state index contributed by atoms with van der Waals surface area (Å²) in [7, 11) is 1.73. The zero-order chi connectivity index (χ0) is 21.5. The van der Waals surface area contributed by atoms with E-state index in [0.29, 0.717) is 34.4 Å². The van der Waals surface area contributed by atoms with Crippen LogP contribution in [0, 0.1) is 5.92 Å². The van der Waals surface area contributed by atoms with Gasteiger partial charge in [0.25, 0.3) is 0 Å². The van der Waals surface area contributed by atoms with E-state index in [1.165, 1.54) is 36.6 Å². The number of hydrogen-bond donors (Lipinski definition) is 4. The molecule has 4 N–H and O–H groups in total. The lowest BCUT2D eigenvalue weighted by Crippen LogP contribution is -2.33. The van der Waals surface area contributed by atoms with Crippen LogP contribution >= 0.6 is 0 Å². The average Bonchev–Trinajstić information content (AvgIpc) is 3.57. The predicted octanol–water partition coefficient (Wildman–Crippen LogP) is -0.0718. The topological polar surface area (TPSA) is 156 Å². The maximum Gasteiger partial charge on any atom is 0.185 e. The van der Waals surface area contributed by atoms with Crippen molar-refractivity contribution in [1.82, 2.24) is 34.5 Å². The Morgan fingerprint density at radius 1 is 1.19 bits per heavy atom. The van der Waals surface area contributed by atoms with Crippen molar-refractivity contribution in [2.75, 3.05) is 19.0 Å². The Balaban J connectivity index is 1.50.